The zero-order valence-corrected chi connectivity index (χ0v) is 13.8. The number of hydrogen-bond acceptors (Lipinski definition) is 3. The summed E-state index contributed by atoms with van der Waals surface area (Å²) in [6, 6.07) is 19.7. The van der Waals surface area contributed by atoms with Crippen molar-refractivity contribution in [2.45, 2.75) is 24.3 Å². The van der Waals surface area contributed by atoms with Gasteiger partial charge >= 0.3 is 0 Å². The number of primary amides is 1. The highest BCUT2D eigenvalue weighted by Gasteiger charge is 2.35. The summed E-state index contributed by atoms with van der Waals surface area (Å²) in [5.41, 5.74) is 7.81. The van der Waals surface area contributed by atoms with E-state index in [4.69, 9.17) is 10.5 Å². The van der Waals surface area contributed by atoms with E-state index in [2.05, 4.69) is 29.6 Å². The van der Waals surface area contributed by atoms with Crippen molar-refractivity contribution in [2.24, 2.45) is 5.73 Å². The summed E-state index contributed by atoms with van der Waals surface area (Å²) in [5.74, 6) is -0.350. The number of hydrogen-bond donors (Lipinski definition) is 2. The summed E-state index contributed by atoms with van der Waals surface area (Å²) in [6.45, 7) is 2.18. The lowest BCUT2D eigenvalue weighted by molar-refractivity contribution is -0.120. The van der Waals surface area contributed by atoms with Gasteiger partial charge in [-0.3, -0.25) is 4.79 Å². The Balaban J connectivity index is 1.81. The lowest BCUT2D eigenvalue weighted by Gasteiger charge is -2.39. The SMILES string of the molecule is NC(=O)[C@@H](NCC1(c2ccccc2)CCOCC1)c1ccccc1. The summed E-state index contributed by atoms with van der Waals surface area (Å²) >= 11 is 0. The Bertz CT molecular complexity index is 652. The molecule has 24 heavy (non-hydrogen) atoms. The van der Waals surface area contributed by atoms with Crippen LogP contribution in [0.3, 0.4) is 0 Å². The largest absolute Gasteiger partial charge is 0.381 e. The first kappa shape index (κ1) is 16.7. The molecule has 1 atom stereocenters. The number of amides is 1. The highest BCUT2D eigenvalue weighted by Crippen LogP contribution is 2.34. The molecule has 2 aromatic rings. The predicted molar refractivity (Wildman–Crippen MR) is 94.6 cm³/mol. The monoisotopic (exact) mass is 324 g/mol. The summed E-state index contributed by atoms with van der Waals surface area (Å²) in [5, 5.41) is 3.41. The minimum Gasteiger partial charge on any atom is -0.381 e. The molecule has 1 aliphatic rings. The van der Waals surface area contributed by atoms with E-state index < -0.39 is 6.04 Å². The first-order valence-electron chi connectivity index (χ1n) is 8.42. The second-order valence-electron chi connectivity index (χ2n) is 6.39. The fourth-order valence-electron chi connectivity index (χ4n) is 3.45. The van der Waals surface area contributed by atoms with E-state index in [0.29, 0.717) is 6.54 Å². The number of nitrogens with two attached hydrogens (primary N) is 1. The Labute approximate surface area is 143 Å². The second-order valence-corrected chi connectivity index (χ2v) is 6.39. The van der Waals surface area contributed by atoms with Gasteiger partial charge in [0, 0.05) is 25.2 Å². The number of ether oxygens (including phenoxy) is 1. The Kier molecular flexibility index (Phi) is 5.28. The van der Waals surface area contributed by atoms with Crippen LogP contribution in [0.1, 0.15) is 30.0 Å². The van der Waals surface area contributed by atoms with E-state index in [0.717, 1.165) is 31.6 Å². The molecule has 1 heterocycles. The summed E-state index contributed by atoms with van der Waals surface area (Å²) < 4.78 is 5.57. The third kappa shape index (κ3) is 3.66. The Morgan fingerprint density at radius 1 is 1.04 bits per heavy atom. The number of carbonyl (C=O) groups excluding carboxylic acids is 1. The number of rotatable bonds is 6. The van der Waals surface area contributed by atoms with Gasteiger partial charge in [-0.2, -0.15) is 0 Å². The third-order valence-electron chi connectivity index (χ3n) is 4.90. The predicted octanol–water partition coefficient (Wildman–Crippen LogP) is 2.55. The van der Waals surface area contributed by atoms with Gasteiger partial charge in [0.25, 0.3) is 0 Å². The number of nitrogens with one attached hydrogen (secondary N) is 1. The fourth-order valence-corrected chi connectivity index (χ4v) is 3.45. The Morgan fingerprint density at radius 2 is 1.62 bits per heavy atom. The maximum Gasteiger partial charge on any atom is 0.239 e. The van der Waals surface area contributed by atoms with Crippen molar-refractivity contribution in [1.82, 2.24) is 5.32 Å². The highest BCUT2D eigenvalue weighted by atomic mass is 16.5. The number of benzene rings is 2. The van der Waals surface area contributed by atoms with Gasteiger partial charge in [0.05, 0.1) is 0 Å². The molecular formula is C20H24N2O2. The van der Waals surface area contributed by atoms with Crippen LogP contribution in [-0.2, 0) is 14.9 Å². The van der Waals surface area contributed by atoms with Gasteiger partial charge in [0.2, 0.25) is 5.91 Å². The molecule has 0 saturated carbocycles. The molecule has 1 amide bonds. The molecule has 0 unspecified atom stereocenters. The zero-order valence-electron chi connectivity index (χ0n) is 13.8. The van der Waals surface area contributed by atoms with Crippen molar-refractivity contribution in [1.29, 1.82) is 0 Å². The minimum absolute atomic E-state index is 0.0258. The van der Waals surface area contributed by atoms with Crippen LogP contribution in [0.15, 0.2) is 60.7 Å². The molecule has 126 valence electrons. The molecule has 1 aliphatic heterocycles. The van der Waals surface area contributed by atoms with Crippen LogP contribution in [0.5, 0.6) is 0 Å². The Hall–Kier alpha value is -2.17. The first-order chi connectivity index (χ1) is 11.7. The smallest absolute Gasteiger partial charge is 0.239 e. The lowest BCUT2D eigenvalue weighted by Crippen LogP contribution is -2.46. The van der Waals surface area contributed by atoms with Gasteiger partial charge in [-0.1, -0.05) is 60.7 Å². The van der Waals surface area contributed by atoms with E-state index in [9.17, 15) is 4.79 Å². The van der Waals surface area contributed by atoms with Crippen LogP contribution >= 0.6 is 0 Å². The molecule has 0 radical (unpaired) electrons. The molecule has 0 spiro atoms. The van der Waals surface area contributed by atoms with Crippen LogP contribution in [-0.4, -0.2) is 25.7 Å². The quantitative estimate of drug-likeness (QED) is 0.858. The highest BCUT2D eigenvalue weighted by molar-refractivity contribution is 5.81. The van der Waals surface area contributed by atoms with Gasteiger partial charge in [-0.05, 0) is 24.0 Å². The molecule has 0 aliphatic carbocycles. The normalized spacial score (nSPS) is 18.0. The van der Waals surface area contributed by atoms with E-state index in [1.165, 1.54) is 5.56 Å². The zero-order chi connectivity index (χ0) is 16.8. The van der Waals surface area contributed by atoms with Crippen molar-refractivity contribution < 1.29 is 9.53 Å². The van der Waals surface area contributed by atoms with Crippen molar-refractivity contribution >= 4 is 5.91 Å². The van der Waals surface area contributed by atoms with Gasteiger partial charge in [-0.25, -0.2) is 0 Å². The summed E-state index contributed by atoms with van der Waals surface area (Å²) in [4.78, 5) is 11.9. The Morgan fingerprint density at radius 3 is 2.21 bits per heavy atom. The molecule has 3 rings (SSSR count). The standard InChI is InChI=1S/C20H24N2O2/c21-19(23)18(16-7-3-1-4-8-16)22-15-20(11-13-24-14-12-20)17-9-5-2-6-10-17/h1-10,18,22H,11-15H2,(H2,21,23)/t18-/m0/s1. The summed E-state index contributed by atoms with van der Waals surface area (Å²) in [7, 11) is 0. The van der Waals surface area contributed by atoms with Gasteiger partial charge < -0.3 is 15.8 Å². The average molecular weight is 324 g/mol. The maximum atomic E-state index is 11.9. The molecule has 3 N–H and O–H groups in total. The molecule has 0 aromatic heterocycles. The molecule has 4 heteroatoms. The molecule has 1 saturated heterocycles. The fraction of sp³-hybridized carbons (Fsp3) is 0.350. The molecular weight excluding hydrogens is 300 g/mol. The summed E-state index contributed by atoms with van der Waals surface area (Å²) in [6.07, 6.45) is 1.87. The molecule has 2 aromatic carbocycles. The van der Waals surface area contributed by atoms with Gasteiger partial charge in [0.15, 0.2) is 0 Å². The molecule has 0 bridgehead atoms. The second kappa shape index (κ2) is 7.60. The van der Waals surface area contributed by atoms with Gasteiger partial charge in [0.1, 0.15) is 6.04 Å². The van der Waals surface area contributed by atoms with Crippen molar-refractivity contribution in [3.63, 3.8) is 0 Å². The molecule has 1 fully saturated rings. The lowest BCUT2D eigenvalue weighted by atomic mass is 9.74. The van der Waals surface area contributed by atoms with Crippen LogP contribution in [0.4, 0.5) is 0 Å². The van der Waals surface area contributed by atoms with E-state index in [1.807, 2.05) is 36.4 Å². The van der Waals surface area contributed by atoms with Crippen LogP contribution in [0.2, 0.25) is 0 Å². The topological polar surface area (TPSA) is 64.4 Å². The number of carbonyl (C=O) groups is 1. The van der Waals surface area contributed by atoms with E-state index in [-0.39, 0.29) is 11.3 Å². The van der Waals surface area contributed by atoms with Gasteiger partial charge in [-0.15, -0.1) is 0 Å². The van der Waals surface area contributed by atoms with Crippen LogP contribution in [0.25, 0.3) is 0 Å². The van der Waals surface area contributed by atoms with Crippen molar-refractivity contribution in [2.75, 3.05) is 19.8 Å². The maximum absolute atomic E-state index is 11.9. The van der Waals surface area contributed by atoms with Crippen molar-refractivity contribution in [3.8, 4) is 0 Å². The average Bonchev–Trinajstić information content (AvgIpc) is 2.64. The van der Waals surface area contributed by atoms with Crippen molar-refractivity contribution in [3.05, 3.63) is 71.8 Å². The van der Waals surface area contributed by atoms with Crippen LogP contribution in [0, 0.1) is 0 Å². The third-order valence-corrected chi connectivity index (χ3v) is 4.90. The van der Waals surface area contributed by atoms with Crippen LogP contribution < -0.4 is 11.1 Å². The van der Waals surface area contributed by atoms with E-state index >= 15 is 0 Å². The minimum atomic E-state index is -0.477. The van der Waals surface area contributed by atoms with E-state index in [1.54, 1.807) is 0 Å². The molecule has 4 nitrogen and oxygen atoms in total. The first-order valence-corrected chi connectivity index (χ1v) is 8.42.